The minimum absolute atomic E-state index is 0.103. The zero-order valence-electron chi connectivity index (χ0n) is 23.8. The molecule has 1 saturated heterocycles. The van der Waals surface area contributed by atoms with Crippen LogP contribution in [0, 0.1) is 37.0 Å². The Balaban J connectivity index is 1.45. The number of hydrogen-bond donors (Lipinski definition) is 1. The van der Waals surface area contributed by atoms with Crippen molar-refractivity contribution in [3.63, 3.8) is 0 Å². The third kappa shape index (κ3) is 5.59. The van der Waals surface area contributed by atoms with Crippen molar-refractivity contribution < 1.29 is 14.2 Å². The van der Waals surface area contributed by atoms with E-state index in [4.69, 9.17) is 5.26 Å². The van der Waals surface area contributed by atoms with E-state index < -0.39 is 0 Å². The highest BCUT2D eigenvalue weighted by molar-refractivity contribution is 6.06. The van der Waals surface area contributed by atoms with Gasteiger partial charge in [-0.05, 0) is 66.6 Å². The number of fused-ring (bicyclic) bond motifs is 1. The lowest BCUT2D eigenvalue weighted by Gasteiger charge is -2.34. The van der Waals surface area contributed by atoms with E-state index in [1.165, 1.54) is 11.9 Å². The molecular weight excluding hydrogens is 514 g/mol. The molecule has 1 amide bonds. The number of anilines is 2. The molecule has 9 heteroatoms. The second-order valence-corrected chi connectivity index (χ2v) is 10.7. The summed E-state index contributed by atoms with van der Waals surface area (Å²) in [5.74, 6) is 0.822. The lowest BCUT2D eigenvalue weighted by atomic mass is 9.87. The minimum Gasteiger partial charge on any atom is -0.355 e. The first-order valence-corrected chi connectivity index (χ1v) is 13.8. The standard InChI is InChI=1S/C32H33N7O2/c1-21-8-7-11-27(23(21)3)36-28-10-6-5-9-25(28)32(41)39-17-14-26-30(34-20-35-31(26)39)37(4)18-24-19-38(16-13-22(24)2)29(40)12-15-33/h5-11,14,17-18,20,22,24H,12-13,16,19H2,1-4H3/p+1/t22-,24?/m1/s1. The van der Waals surface area contributed by atoms with Gasteiger partial charge in [0.25, 0.3) is 5.91 Å². The average molecular weight is 549 g/mol. The molecule has 41 heavy (non-hydrogen) atoms. The van der Waals surface area contributed by atoms with E-state index in [2.05, 4.69) is 48.3 Å². The fourth-order valence-corrected chi connectivity index (χ4v) is 5.38. The van der Waals surface area contributed by atoms with Gasteiger partial charge in [0.05, 0.1) is 30.6 Å². The monoisotopic (exact) mass is 548 g/mol. The molecule has 3 heterocycles. The molecule has 208 valence electrons. The predicted molar refractivity (Wildman–Crippen MR) is 159 cm³/mol. The maximum atomic E-state index is 13.9. The van der Waals surface area contributed by atoms with Crippen LogP contribution < -0.4 is 5.32 Å². The SMILES string of the molecule is Cc1cccc(Nc2ccccc2C(=O)n2ccc3c([N+](C)=CC4CN(C(=O)CC#N)CC[C@H]4C)ncnc32)c1C. The van der Waals surface area contributed by atoms with Crippen LogP contribution in [0.25, 0.3) is 11.0 Å². The normalized spacial score (nSPS) is 17.3. The number of rotatable bonds is 6. The van der Waals surface area contributed by atoms with Gasteiger partial charge in [-0.3, -0.25) is 14.2 Å². The zero-order valence-corrected chi connectivity index (χ0v) is 23.8. The molecule has 1 aliphatic rings. The van der Waals surface area contributed by atoms with Crippen LogP contribution in [0.5, 0.6) is 0 Å². The third-order valence-electron chi connectivity index (χ3n) is 8.06. The highest BCUT2D eigenvalue weighted by Gasteiger charge is 2.30. The summed E-state index contributed by atoms with van der Waals surface area (Å²) in [4.78, 5) is 37.0. The number of carbonyl (C=O) groups excluding carboxylic acids is 2. The first kappa shape index (κ1) is 27.7. The van der Waals surface area contributed by atoms with Gasteiger partial charge in [-0.2, -0.15) is 10.2 Å². The first-order valence-electron chi connectivity index (χ1n) is 13.8. The Morgan fingerprint density at radius 1 is 1.12 bits per heavy atom. The second-order valence-electron chi connectivity index (χ2n) is 10.7. The number of nitrogens with zero attached hydrogens (tertiary/aromatic N) is 6. The second kappa shape index (κ2) is 11.7. The molecule has 0 aliphatic carbocycles. The number of hydrogen-bond acceptors (Lipinski definition) is 6. The predicted octanol–water partition coefficient (Wildman–Crippen LogP) is 5.22. The van der Waals surface area contributed by atoms with E-state index in [1.807, 2.05) is 60.2 Å². The number of aryl methyl sites for hydroxylation is 1. The van der Waals surface area contributed by atoms with E-state index in [-0.39, 0.29) is 24.2 Å². The van der Waals surface area contributed by atoms with Gasteiger partial charge >= 0.3 is 5.82 Å². The fourth-order valence-electron chi connectivity index (χ4n) is 5.38. The number of nitrogens with one attached hydrogen (secondary N) is 1. The van der Waals surface area contributed by atoms with Crippen LogP contribution >= 0.6 is 0 Å². The molecule has 1 aliphatic heterocycles. The van der Waals surface area contributed by atoms with Crippen molar-refractivity contribution in [2.24, 2.45) is 11.8 Å². The molecule has 1 N–H and O–H groups in total. The first-order chi connectivity index (χ1) is 19.8. The summed E-state index contributed by atoms with van der Waals surface area (Å²) in [7, 11) is 1.92. The summed E-state index contributed by atoms with van der Waals surface area (Å²) in [5.41, 5.74) is 5.02. The molecule has 2 atom stereocenters. The van der Waals surface area contributed by atoms with Gasteiger partial charge in [0.2, 0.25) is 12.2 Å². The zero-order chi connectivity index (χ0) is 29.1. The Morgan fingerprint density at radius 3 is 2.71 bits per heavy atom. The quantitative estimate of drug-likeness (QED) is 0.261. The Hall–Kier alpha value is -4.84. The van der Waals surface area contributed by atoms with Crippen molar-refractivity contribution in [3.8, 4) is 6.07 Å². The van der Waals surface area contributed by atoms with Gasteiger partial charge in [0.15, 0.2) is 5.65 Å². The summed E-state index contributed by atoms with van der Waals surface area (Å²) in [6.07, 6.45) is 6.05. The number of piperidine rings is 1. The number of benzene rings is 2. The van der Waals surface area contributed by atoms with Gasteiger partial charge in [0.1, 0.15) is 11.8 Å². The van der Waals surface area contributed by atoms with Crippen molar-refractivity contribution in [2.75, 3.05) is 25.5 Å². The van der Waals surface area contributed by atoms with Crippen LogP contribution in [0.1, 0.15) is 41.3 Å². The largest absolute Gasteiger partial charge is 0.355 e. The molecule has 0 spiro atoms. The van der Waals surface area contributed by atoms with Gasteiger partial charge in [-0.1, -0.05) is 31.2 Å². The lowest BCUT2D eigenvalue weighted by Crippen LogP contribution is -2.44. The summed E-state index contributed by atoms with van der Waals surface area (Å²) in [5, 5.41) is 13.1. The van der Waals surface area contributed by atoms with Crippen molar-refractivity contribution in [3.05, 3.63) is 77.7 Å². The molecule has 9 nitrogen and oxygen atoms in total. The Kier molecular flexibility index (Phi) is 7.92. The van der Waals surface area contributed by atoms with E-state index in [9.17, 15) is 9.59 Å². The van der Waals surface area contributed by atoms with E-state index >= 15 is 0 Å². The molecule has 2 aromatic carbocycles. The Labute approximate surface area is 239 Å². The molecule has 5 rings (SSSR count). The number of likely N-dealkylation sites (tertiary alicyclic amines) is 1. The van der Waals surface area contributed by atoms with Crippen LogP contribution in [0.4, 0.5) is 17.2 Å². The number of para-hydroxylation sites is 1. The van der Waals surface area contributed by atoms with Crippen molar-refractivity contribution in [1.29, 1.82) is 5.26 Å². The van der Waals surface area contributed by atoms with E-state index in [0.29, 0.717) is 36.0 Å². The molecular formula is C32H34N7O2+. The van der Waals surface area contributed by atoms with Crippen molar-refractivity contribution >= 4 is 46.3 Å². The minimum atomic E-state index is -0.197. The number of carbonyl (C=O) groups is 2. The van der Waals surface area contributed by atoms with Gasteiger partial charge in [-0.25, -0.2) is 4.58 Å². The van der Waals surface area contributed by atoms with Gasteiger partial charge < -0.3 is 10.2 Å². The van der Waals surface area contributed by atoms with Gasteiger partial charge in [-0.15, -0.1) is 0 Å². The highest BCUT2D eigenvalue weighted by Crippen LogP contribution is 2.29. The fraction of sp³-hybridized carbons (Fsp3) is 0.312. The number of nitriles is 1. The Morgan fingerprint density at radius 2 is 1.90 bits per heavy atom. The molecule has 4 aromatic rings. The summed E-state index contributed by atoms with van der Waals surface area (Å²) in [6, 6.07) is 17.4. The van der Waals surface area contributed by atoms with Gasteiger partial charge in [0, 0.05) is 30.9 Å². The summed E-state index contributed by atoms with van der Waals surface area (Å²) < 4.78 is 3.51. The van der Waals surface area contributed by atoms with Crippen LogP contribution in [-0.4, -0.2) is 62.2 Å². The van der Waals surface area contributed by atoms with Crippen molar-refractivity contribution in [2.45, 2.75) is 33.6 Å². The molecule has 0 radical (unpaired) electrons. The van der Waals surface area contributed by atoms with E-state index in [0.717, 1.165) is 28.7 Å². The van der Waals surface area contributed by atoms with Crippen LogP contribution in [-0.2, 0) is 4.79 Å². The highest BCUT2D eigenvalue weighted by atomic mass is 16.2. The molecule has 0 bridgehead atoms. The molecule has 2 aromatic heterocycles. The van der Waals surface area contributed by atoms with Crippen LogP contribution in [0.3, 0.4) is 0 Å². The molecule has 1 unspecified atom stereocenters. The lowest BCUT2D eigenvalue weighted by molar-refractivity contribution is -0.405. The summed E-state index contributed by atoms with van der Waals surface area (Å²) >= 11 is 0. The van der Waals surface area contributed by atoms with Crippen molar-refractivity contribution in [1.82, 2.24) is 19.4 Å². The molecule has 1 fully saturated rings. The van der Waals surface area contributed by atoms with Crippen LogP contribution in [0.15, 0.2) is 61.1 Å². The number of aromatic nitrogens is 3. The maximum absolute atomic E-state index is 13.9. The van der Waals surface area contributed by atoms with E-state index in [1.54, 1.807) is 15.7 Å². The number of amides is 1. The van der Waals surface area contributed by atoms with Crippen LogP contribution in [0.2, 0.25) is 0 Å². The summed E-state index contributed by atoms with van der Waals surface area (Å²) in [6.45, 7) is 7.52. The Bertz CT molecular complexity index is 1700. The maximum Gasteiger partial charge on any atom is 0.335 e. The average Bonchev–Trinajstić information content (AvgIpc) is 3.41. The molecule has 0 saturated carbocycles. The third-order valence-corrected chi connectivity index (χ3v) is 8.06. The smallest absolute Gasteiger partial charge is 0.335 e. The topological polar surface area (TPSA) is 107 Å².